The van der Waals surface area contributed by atoms with Crippen LogP contribution < -0.4 is 5.73 Å². The molecule has 28 heavy (non-hydrogen) atoms. The van der Waals surface area contributed by atoms with E-state index >= 15 is 0 Å². The lowest BCUT2D eigenvalue weighted by molar-refractivity contribution is 0.0907. The minimum Gasteiger partial charge on any atom is -0.448 e. The highest BCUT2D eigenvalue weighted by Crippen LogP contribution is 2.16. The van der Waals surface area contributed by atoms with E-state index in [0.29, 0.717) is 23.1 Å². The molecule has 2 rings (SSSR count). The van der Waals surface area contributed by atoms with Crippen LogP contribution in [0.3, 0.4) is 0 Å². The second-order valence-electron chi connectivity index (χ2n) is 6.59. The molecule has 1 amide bonds. The summed E-state index contributed by atoms with van der Waals surface area (Å²) in [5.74, 6) is 0. The number of hydrogen-bond donors (Lipinski definition) is 1. The van der Waals surface area contributed by atoms with Gasteiger partial charge in [-0.05, 0) is 41.8 Å². The van der Waals surface area contributed by atoms with Gasteiger partial charge in [-0.3, -0.25) is 4.90 Å². The second-order valence-corrected chi connectivity index (χ2v) is 7.46. The van der Waals surface area contributed by atoms with E-state index in [1.807, 2.05) is 48.5 Å². The Morgan fingerprint density at radius 3 is 1.89 bits per heavy atom. The maximum atomic E-state index is 12.7. The van der Waals surface area contributed by atoms with E-state index < -0.39 is 0 Å². The molecule has 2 N–H and O–H groups in total. The highest BCUT2D eigenvalue weighted by atomic mass is 35.5. The summed E-state index contributed by atoms with van der Waals surface area (Å²) >= 11 is 11.9. The molecular formula is C21H27Cl3N2O2. The molecule has 1 unspecified atom stereocenters. The van der Waals surface area contributed by atoms with Crippen molar-refractivity contribution in [2.24, 2.45) is 5.73 Å². The number of nitrogens with two attached hydrogens (primary N) is 1. The van der Waals surface area contributed by atoms with Gasteiger partial charge in [-0.1, -0.05) is 67.2 Å². The van der Waals surface area contributed by atoms with Crippen molar-refractivity contribution < 1.29 is 9.53 Å². The molecule has 0 heterocycles. The van der Waals surface area contributed by atoms with Crippen molar-refractivity contribution in [3.8, 4) is 0 Å². The van der Waals surface area contributed by atoms with Gasteiger partial charge in [-0.25, -0.2) is 4.79 Å². The second kappa shape index (κ2) is 12.9. The summed E-state index contributed by atoms with van der Waals surface area (Å²) in [6, 6.07) is 14.7. The van der Waals surface area contributed by atoms with Gasteiger partial charge >= 0.3 is 6.09 Å². The molecule has 0 aromatic heterocycles. The normalized spacial score (nSPS) is 11.4. The lowest BCUT2D eigenvalue weighted by Gasteiger charge is -2.23. The zero-order valence-electron chi connectivity index (χ0n) is 15.9. The largest absolute Gasteiger partial charge is 0.448 e. The van der Waals surface area contributed by atoms with Crippen LogP contribution in [0, 0.1) is 0 Å². The molecule has 0 aliphatic rings. The van der Waals surface area contributed by atoms with Crippen molar-refractivity contribution in [1.82, 2.24) is 4.90 Å². The van der Waals surface area contributed by atoms with E-state index in [1.165, 1.54) is 0 Å². The molecule has 7 heteroatoms. The van der Waals surface area contributed by atoms with Crippen LogP contribution in [0.4, 0.5) is 4.79 Å². The molecule has 0 saturated heterocycles. The van der Waals surface area contributed by atoms with Crippen molar-refractivity contribution in [2.45, 2.75) is 45.3 Å². The minimum atomic E-state index is -0.383. The maximum absolute atomic E-state index is 12.7. The average molecular weight is 446 g/mol. The van der Waals surface area contributed by atoms with Gasteiger partial charge in [0.25, 0.3) is 0 Å². The van der Waals surface area contributed by atoms with Crippen molar-refractivity contribution in [3.05, 3.63) is 69.7 Å². The molecule has 2 aromatic carbocycles. The maximum Gasteiger partial charge on any atom is 0.410 e. The molecule has 1 atom stereocenters. The van der Waals surface area contributed by atoms with Gasteiger partial charge in [0.1, 0.15) is 6.61 Å². The molecule has 0 aliphatic heterocycles. The van der Waals surface area contributed by atoms with Crippen molar-refractivity contribution in [1.29, 1.82) is 0 Å². The summed E-state index contributed by atoms with van der Waals surface area (Å²) in [6.45, 7) is 3.17. The Labute approximate surface area is 183 Å². The monoisotopic (exact) mass is 444 g/mol. The summed E-state index contributed by atoms with van der Waals surface area (Å²) < 4.78 is 5.46. The predicted octanol–water partition coefficient (Wildman–Crippen LogP) is 6.07. The Morgan fingerprint density at radius 2 is 1.46 bits per heavy atom. The number of carbonyl (C=O) groups excluding carboxylic acids is 1. The fourth-order valence-corrected chi connectivity index (χ4v) is 2.88. The third-order valence-electron chi connectivity index (χ3n) is 4.18. The van der Waals surface area contributed by atoms with E-state index in [0.717, 1.165) is 30.4 Å². The number of ether oxygens (including phenoxy) is 1. The fraction of sp³-hybridized carbons (Fsp3) is 0.381. The number of rotatable bonds is 9. The lowest BCUT2D eigenvalue weighted by Crippen LogP contribution is -2.35. The van der Waals surface area contributed by atoms with Gasteiger partial charge in [0, 0.05) is 29.2 Å². The number of halogens is 3. The van der Waals surface area contributed by atoms with Gasteiger partial charge in [0.2, 0.25) is 0 Å². The summed E-state index contributed by atoms with van der Waals surface area (Å²) in [6.07, 6.45) is 2.56. The average Bonchev–Trinajstić information content (AvgIpc) is 2.67. The SMILES string of the molecule is CCCCC(N)COC(=O)N(Cc1ccc(Cl)cc1)Cc1ccc(Cl)cc1.Cl. The van der Waals surface area contributed by atoms with Crippen LogP contribution in [0.1, 0.15) is 37.3 Å². The molecule has 0 radical (unpaired) electrons. The third kappa shape index (κ3) is 8.70. The van der Waals surface area contributed by atoms with Crippen LogP contribution in [0.15, 0.2) is 48.5 Å². The highest BCUT2D eigenvalue weighted by molar-refractivity contribution is 6.30. The molecule has 0 aliphatic carbocycles. The van der Waals surface area contributed by atoms with Crippen LogP contribution in [0.5, 0.6) is 0 Å². The van der Waals surface area contributed by atoms with Crippen LogP contribution in [-0.2, 0) is 17.8 Å². The first-order valence-corrected chi connectivity index (χ1v) is 9.89. The lowest BCUT2D eigenvalue weighted by atomic mass is 10.1. The van der Waals surface area contributed by atoms with Gasteiger partial charge in [-0.2, -0.15) is 0 Å². The standard InChI is InChI=1S/C21H26Cl2N2O2.ClH/c1-2-3-4-20(24)15-27-21(26)25(13-16-5-9-18(22)10-6-16)14-17-7-11-19(23)12-8-17;/h5-12,20H,2-4,13-15,24H2,1H3;1H. The Bertz CT molecular complexity index is 661. The quantitative estimate of drug-likeness (QED) is 0.509. The van der Waals surface area contributed by atoms with E-state index in [1.54, 1.807) is 4.90 Å². The Balaban J connectivity index is 0.00000392. The number of carbonyl (C=O) groups is 1. The molecule has 4 nitrogen and oxygen atoms in total. The molecule has 0 saturated carbocycles. The molecule has 0 spiro atoms. The molecule has 2 aromatic rings. The Kier molecular flexibility index (Phi) is 11.3. The number of amides is 1. The van der Waals surface area contributed by atoms with Gasteiger partial charge in [0.15, 0.2) is 0 Å². The fourth-order valence-electron chi connectivity index (χ4n) is 2.62. The van der Waals surface area contributed by atoms with Gasteiger partial charge in [-0.15, -0.1) is 12.4 Å². The summed E-state index contributed by atoms with van der Waals surface area (Å²) in [5, 5.41) is 1.32. The van der Waals surface area contributed by atoms with E-state index in [4.69, 9.17) is 33.7 Å². The molecule has 0 bridgehead atoms. The minimum absolute atomic E-state index is 0. The van der Waals surface area contributed by atoms with Crippen LogP contribution in [0.2, 0.25) is 10.0 Å². The van der Waals surface area contributed by atoms with Gasteiger partial charge < -0.3 is 10.5 Å². The zero-order chi connectivity index (χ0) is 19.6. The zero-order valence-corrected chi connectivity index (χ0v) is 18.3. The van der Waals surface area contributed by atoms with Crippen molar-refractivity contribution in [2.75, 3.05) is 6.61 Å². The number of benzene rings is 2. The first-order valence-electron chi connectivity index (χ1n) is 9.14. The van der Waals surface area contributed by atoms with Gasteiger partial charge in [0.05, 0.1) is 0 Å². The van der Waals surface area contributed by atoms with Crippen molar-refractivity contribution >= 4 is 41.7 Å². The summed E-state index contributed by atoms with van der Waals surface area (Å²) in [7, 11) is 0. The Hall–Kier alpha value is -1.46. The van der Waals surface area contributed by atoms with E-state index in [2.05, 4.69) is 6.92 Å². The predicted molar refractivity (Wildman–Crippen MR) is 118 cm³/mol. The van der Waals surface area contributed by atoms with Crippen LogP contribution >= 0.6 is 35.6 Å². The summed E-state index contributed by atoms with van der Waals surface area (Å²) in [4.78, 5) is 14.3. The first kappa shape index (κ1) is 24.6. The number of hydrogen-bond acceptors (Lipinski definition) is 3. The van der Waals surface area contributed by atoms with E-state index in [-0.39, 0.29) is 31.1 Å². The first-order chi connectivity index (χ1) is 13.0. The number of unbranched alkanes of at least 4 members (excludes halogenated alkanes) is 1. The van der Waals surface area contributed by atoms with Crippen LogP contribution in [-0.4, -0.2) is 23.6 Å². The highest BCUT2D eigenvalue weighted by Gasteiger charge is 2.17. The Morgan fingerprint density at radius 1 is 1.00 bits per heavy atom. The summed E-state index contributed by atoms with van der Waals surface area (Å²) in [5.41, 5.74) is 7.97. The van der Waals surface area contributed by atoms with E-state index in [9.17, 15) is 4.79 Å². The molecule has 154 valence electrons. The number of nitrogens with zero attached hydrogens (tertiary/aromatic N) is 1. The van der Waals surface area contributed by atoms with Crippen LogP contribution in [0.25, 0.3) is 0 Å². The topological polar surface area (TPSA) is 55.6 Å². The molecule has 0 fully saturated rings. The smallest absolute Gasteiger partial charge is 0.410 e. The van der Waals surface area contributed by atoms with Crippen molar-refractivity contribution in [3.63, 3.8) is 0 Å². The molecular weight excluding hydrogens is 419 g/mol. The third-order valence-corrected chi connectivity index (χ3v) is 4.68.